The van der Waals surface area contributed by atoms with Crippen LogP contribution in [-0.4, -0.2) is 23.4 Å². The van der Waals surface area contributed by atoms with Gasteiger partial charge in [0.2, 0.25) is 5.91 Å². The van der Waals surface area contributed by atoms with Crippen LogP contribution in [0.3, 0.4) is 0 Å². The Morgan fingerprint density at radius 1 is 1.50 bits per heavy atom. The monoisotopic (exact) mass is 311 g/mol. The molecule has 3 nitrogen and oxygen atoms in total. The van der Waals surface area contributed by atoms with Crippen LogP contribution >= 0.6 is 15.9 Å². The molecule has 1 heterocycles. The van der Waals surface area contributed by atoms with Crippen LogP contribution in [0.1, 0.15) is 31.7 Å². The van der Waals surface area contributed by atoms with E-state index in [1.54, 1.807) is 0 Å². The highest BCUT2D eigenvalue weighted by Crippen LogP contribution is 2.33. The van der Waals surface area contributed by atoms with E-state index in [0.29, 0.717) is 6.61 Å². The molecule has 1 unspecified atom stereocenters. The third kappa shape index (κ3) is 2.86. The second-order valence-electron chi connectivity index (χ2n) is 5.23. The van der Waals surface area contributed by atoms with Gasteiger partial charge in [-0.2, -0.15) is 0 Å². The van der Waals surface area contributed by atoms with Crippen molar-refractivity contribution >= 4 is 21.8 Å². The first-order valence-electron chi connectivity index (χ1n) is 6.13. The zero-order valence-electron chi connectivity index (χ0n) is 10.7. The Balaban J connectivity index is 2.18. The number of ether oxygens (including phenoxy) is 1. The largest absolute Gasteiger partial charge is 0.493 e. The molecule has 0 fully saturated rings. The average Bonchev–Trinajstić information content (AvgIpc) is 2.37. The fourth-order valence-electron chi connectivity index (χ4n) is 2.07. The van der Waals surface area contributed by atoms with Crippen LogP contribution in [0.15, 0.2) is 24.3 Å². The Labute approximate surface area is 116 Å². The molecular formula is C14H18BrNO2. The number of nitrogens with one attached hydrogen (secondary N) is 1. The van der Waals surface area contributed by atoms with Gasteiger partial charge >= 0.3 is 0 Å². The number of benzene rings is 1. The minimum Gasteiger partial charge on any atom is -0.493 e. The van der Waals surface area contributed by atoms with Crippen LogP contribution < -0.4 is 10.1 Å². The maximum atomic E-state index is 12.3. The highest BCUT2D eigenvalue weighted by atomic mass is 79.9. The van der Waals surface area contributed by atoms with Gasteiger partial charge in [0.1, 0.15) is 5.75 Å². The van der Waals surface area contributed by atoms with E-state index >= 15 is 0 Å². The summed E-state index contributed by atoms with van der Waals surface area (Å²) >= 11 is 3.42. The van der Waals surface area contributed by atoms with Gasteiger partial charge < -0.3 is 10.1 Å². The number of carbonyl (C=O) groups is 1. The number of hydrogen-bond acceptors (Lipinski definition) is 2. The predicted octanol–water partition coefficient (Wildman–Crippen LogP) is 2.84. The summed E-state index contributed by atoms with van der Waals surface area (Å²) in [5.74, 6) is 0.809. The van der Waals surface area contributed by atoms with Crippen molar-refractivity contribution in [2.45, 2.75) is 31.7 Å². The molecule has 4 heteroatoms. The first-order valence-corrected chi connectivity index (χ1v) is 7.25. The lowest BCUT2D eigenvalue weighted by atomic mass is 9.91. The molecule has 1 aliphatic heterocycles. The zero-order chi connectivity index (χ0) is 13.2. The quantitative estimate of drug-likeness (QED) is 0.872. The first-order chi connectivity index (χ1) is 8.53. The fourth-order valence-corrected chi connectivity index (χ4v) is 2.21. The van der Waals surface area contributed by atoms with Crippen LogP contribution in [0, 0.1) is 0 Å². The van der Waals surface area contributed by atoms with E-state index in [9.17, 15) is 4.79 Å². The van der Waals surface area contributed by atoms with E-state index in [0.717, 1.165) is 23.1 Å². The van der Waals surface area contributed by atoms with Crippen LogP contribution in [0.25, 0.3) is 0 Å². The molecule has 0 aliphatic carbocycles. The van der Waals surface area contributed by atoms with Gasteiger partial charge in [-0.05, 0) is 26.3 Å². The lowest BCUT2D eigenvalue weighted by Crippen LogP contribution is -2.47. The Hall–Kier alpha value is -1.03. The summed E-state index contributed by atoms with van der Waals surface area (Å²) in [4.78, 5) is 12.3. The molecular weight excluding hydrogens is 294 g/mol. The number of fused-ring (bicyclic) bond motifs is 1. The summed E-state index contributed by atoms with van der Waals surface area (Å²) < 4.78 is 5.57. The van der Waals surface area contributed by atoms with E-state index in [2.05, 4.69) is 21.2 Å². The molecule has 0 saturated carbocycles. The van der Waals surface area contributed by atoms with Crippen molar-refractivity contribution in [1.82, 2.24) is 5.32 Å². The average molecular weight is 312 g/mol. The van der Waals surface area contributed by atoms with Gasteiger partial charge in [-0.15, -0.1) is 0 Å². The fraction of sp³-hybridized carbons (Fsp3) is 0.500. The summed E-state index contributed by atoms with van der Waals surface area (Å²) in [5, 5.41) is 3.81. The van der Waals surface area contributed by atoms with Crippen molar-refractivity contribution in [1.29, 1.82) is 0 Å². The molecule has 1 aromatic carbocycles. The van der Waals surface area contributed by atoms with Crippen LogP contribution in [0.5, 0.6) is 5.75 Å². The van der Waals surface area contributed by atoms with Gasteiger partial charge in [-0.25, -0.2) is 0 Å². The predicted molar refractivity (Wildman–Crippen MR) is 75.3 cm³/mol. The SMILES string of the molecule is CC(C)(CBr)NC(=O)C1CCOc2ccccc21. The van der Waals surface area contributed by atoms with Crippen molar-refractivity contribution in [2.75, 3.05) is 11.9 Å². The lowest BCUT2D eigenvalue weighted by molar-refractivity contribution is -0.124. The van der Waals surface area contributed by atoms with Crippen molar-refractivity contribution in [2.24, 2.45) is 0 Å². The summed E-state index contributed by atoms with van der Waals surface area (Å²) in [6.45, 7) is 4.61. The number of para-hydroxylation sites is 1. The van der Waals surface area contributed by atoms with Gasteiger partial charge in [0.05, 0.1) is 12.5 Å². The molecule has 1 atom stereocenters. The van der Waals surface area contributed by atoms with Crippen LogP contribution in [0.4, 0.5) is 0 Å². The third-order valence-electron chi connectivity index (χ3n) is 3.07. The normalized spacial score (nSPS) is 18.7. The second-order valence-corrected chi connectivity index (χ2v) is 5.80. The molecule has 98 valence electrons. The molecule has 0 spiro atoms. The van der Waals surface area contributed by atoms with Gasteiger partial charge in [0.15, 0.2) is 0 Å². The maximum absolute atomic E-state index is 12.3. The van der Waals surface area contributed by atoms with E-state index in [1.165, 1.54) is 0 Å². The Morgan fingerprint density at radius 2 is 2.22 bits per heavy atom. The van der Waals surface area contributed by atoms with Gasteiger partial charge in [0.25, 0.3) is 0 Å². The molecule has 1 N–H and O–H groups in total. The molecule has 0 radical (unpaired) electrons. The van der Waals surface area contributed by atoms with Gasteiger partial charge in [-0.1, -0.05) is 34.1 Å². The molecule has 0 bridgehead atoms. The molecule has 1 amide bonds. The van der Waals surface area contributed by atoms with E-state index in [4.69, 9.17) is 4.74 Å². The Kier molecular flexibility index (Phi) is 3.95. The molecule has 0 aromatic heterocycles. The first kappa shape index (κ1) is 13.4. The molecule has 2 rings (SSSR count). The highest BCUT2D eigenvalue weighted by Gasteiger charge is 2.30. The van der Waals surface area contributed by atoms with E-state index in [1.807, 2.05) is 38.1 Å². The maximum Gasteiger partial charge on any atom is 0.228 e. The van der Waals surface area contributed by atoms with Crippen molar-refractivity contribution < 1.29 is 9.53 Å². The highest BCUT2D eigenvalue weighted by molar-refractivity contribution is 9.09. The molecule has 1 aromatic rings. The second kappa shape index (κ2) is 5.31. The molecule has 0 saturated heterocycles. The number of rotatable bonds is 3. The van der Waals surface area contributed by atoms with Gasteiger partial charge in [-0.3, -0.25) is 4.79 Å². The van der Waals surface area contributed by atoms with E-state index < -0.39 is 0 Å². The number of amides is 1. The van der Waals surface area contributed by atoms with Crippen LogP contribution in [0.2, 0.25) is 0 Å². The summed E-state index contributed by atoms with van der Waals surface area (Å²) in [7, 11) is 0. The minimum atomic E-state index is -0.232. The zero-order valence-corrected chi connectivity index (χ0v) is 12.3. The number of alkyl halides is 1. The van der Waals surface area contributed by atoms with E-state index in [-0.39, 0.29) is 17.4 Å². The summed E-state index contributed by atoms with van der Waals surface area (Å²) in [6, 6.07) is 7.77. The standard InChI is InChI=1S/C14H18BrNO2/c1-14(2,9-15)16-13(17)11-7-8-18-12-6-4-3-5-10(11)12/h3-6,11H,7-9H2,1-2H3,(H,16,17). The summed E-state index contributed by atoms with van der Waals surface area (Å²) in [5.41, 5.74) is 0.760. The Morgan fingerprint density at radius 3 is 2.94 bits per heavy atom. The topological polar surface area (TPSA) is 38.3 Å². The molecule has 18 heavy (non-hydrogen) atoms. The van der Waals surface area contributed by atoms with Gasteiger partial charge in [0, 0.05) is 16.4 Å². The van der Waals surface area contributed by atoms with Crippen molar-refractivity contribution in [3.63, 3.8) is 0 Å². The number of halogens is 1. The van der Waals surface area contributed by atoms with Crippen LogP contribution in [-0.2, 0) is 4.79 Å². The van der Waals surface area contributed by atoms with Crippen molar-refractivity contribution in [3.05, 3.63) is 29.8 Å². The summed E-state index contributed by atoms with van der Waals surface area (Å²) in [6.07, 6.45) is 0.737. The smallest absolute Gasteiger partial charge is 0.228 e. The molecule has 1 aliphatic rings. The minimum absolute atomic E-state index is 0.0789. The third-order valence-corrected chi connectivity index (χ3v) is 4.47. The van der Waals surface area contributed by atoms with Crippen molar-refractivity contribution in [3.8, 4) is 5.75 Å². The number of carbonyl (C=O) groups excluding carboxylic acids is 1. The number of hydrogen-bond donors (Lipinski definition) is 1. The Bertz CT molecular complexity index is 445. The lowest BCUT2D eigenvalue weighted by Gasteiger charge is -2.30.